The molecule has 0 spiro atoms. The van der Waals surface area contributed by atoms with Crippen molar-refractivity contribution < 1.29 is 4.74 Å². The van der Waals surface area contributed by atoms with Crippen LogP contribution in [0.3, 0.4) is 0 Å². The zero-order valence-corrected chi connectivity index (χ0v) is 14.8. The molecule has 0 amide bonds. The van der Waals surface area contributed by atoms with Crippen LogP contribution >= 0.6 is 0 Å². The monoisotopic (exact) mass is 325 g/mol. The highest BCUT2D eigenvalue weighted by atomic mass is 16.5. The minimum absolute atomic E-state index is 0.658. The normalized spacial score (nSPS) is 22.4. The van der Waals surface area contributed by atoms with E-state index in [-0.39, 0.29) is 0 Å². The van der Waals surface area contributed by atoms with Gasteiger partial charge < -0.3 is 9.64 Å². The number of benzene rings is 1. The Labute approximate surface area is 144 Å². The molecule has 2 saturated heterocycles. The standard InChI is InChI=1S/C20H27N3O/c1-3-17-15(2)21-19-7-5-4-6-18(19)20(17)23-9-8-16(14-23)22-10-12-24-13-11-22/h4-7,16H,3,8-14H2,1-2H3. The first-order valence-corrected chi connectivity index (χ1v) is 9.23. The maximum atomic E-state index is 5.52. The van der Waals surface area contributed by atoms with Crippen LogP contribution in [0, 0.1) is 6.92 Å². The molecule has 1 unspecified atom stereocenters. The number of para-hydroxylation sites is 1. The Hall–Kier alpha value is -1.65. The summed E-state index contributed by atoms with van der Waals surface area (Å²) < 4.78 is 5.52. The third kappa shape index (κ3) is 2.78. The first-order valence-electron chi connectivity index (χ1n) is 9.23. The van der Waals surface area contributed by atoms with Gasteiger partial charge in [0.15, 0.2) is 0 Å². The Morgan fingerprint density at radius 3 is 2.75 bits per heavy atom. The molecular weight excluding hydrogens is 298 g/mol. The van der Waals surface area contributed by atoms with Crippen molar-refractivity contribution in [1.29, 1.82) is 0 Å². The topological polar surface area (TPSA) is 28.6 Å². The quantitative estimate of drug-likeness (QED) is 0.867. The van der Waals surface area contributed by atoms with Crippen molar-refractivity contribution in [2.75, 3.05) is 44.3 Å². The largest absolute Gasteiger partial charge is 0.379 e. The molecule has 1 aromatic carbocycles. The number of anilines is 1. The fraction of sp³-hybridized carbons (Fsp3) is 0.550. The number of morpholine rings is 1. The van der Waals surface area contributed by atoms with Gasteiger partial charge in [-0.2, -0.15) is 0 Å². The van der Waals surface area contributed by atoms with Crippen molar-refractivity contribution in [2.24, 2.45) is 0 Å². The van der Waals surface area contributed by atoms with E-state index < -0.39 is 0 Å². The third-order valence-corrected chi connectivity index (χ3v) is 5.57. The molecule has 128 valence electrons. The van der Waals surface area contributed by atoms with Gasteiger partial charge in [-0.1, -0.05) is 25.1 Å². The van der Waals surface area contributed by atoms with Crippen LogP contribution < -0.4 is 4.90 Å². The van der Waals surface area contributed by atoms with Gasteiger partial charge in [0.05, 0.1) is 24.4 Å². The molecular formula is C20H27N3O. The molecule has 4 rings (SSSR count). The summed E-state index contributed by atoms with van der Waals surface area (Å²) in [5.41, 5.74) is 5.14. The maximum Gasteiger partial charge on any atom is 0.0726 e. The Morgan fingerprint density at radius 2 is 1.96 bits per heavy atom. The van der Waals surface area contributed by atoms with Crippen LogP contribution in [0.2, 0.25) is 0 Å². The Bertz CT molecular complexity index is 724. The van der Waals surface area contributed by atoms with Gasteiger partial charge in [-0.3, -0.25) is 9.88 Å². The molecule has 2 aromatic rings. The summed E-state index contributed by atoms with van der Waals surface area (Å²) in [6.45, 7) is 10.6. The molecule has 2 fully saturated rings. The van der Waals surface area contributed by atoms with Gasteiger partial charge >= 0.3 is 0 Å². The number of pyridine rings is 1. The second-order valence-electron chi connectivity index (χ2n) is 6.93. The molecule has 1 atom stereocenters. The Kier molecular flexibility index (Phi) is 4.42. The first-order chi connectivity index (χ1) is 11.8. The summed E-state index contributed by atoms with van der Waals surface area (Å²) in [5.74, 6) is 0. The number of ether oxygens (including phenoxy) is 1. The Balaban J connectivity index is 1.68. The first kappa shape index (κ1) is 15.9. The van der Waals surface area contributed by atoms with Gasteiger partial charge in [-0.05, 0) is 31.4 Å². The summed E-state index contributed by atoms with van der Waals surface area (Å²) in [7, 11) is 0. The summed E-state index contributed by atoms with van der Waals surface area (Å²) in [4.78, 5) is 10.1. The van der Waals surface area contributed by atoms with Crippen LogP contribution in [0.25, 0.3) is 10.9 Å². The van der Waals surface area contributed by atoms with Crippen molar-refractivity contribution in [3.8, 4) is 0 Å². The molecule has 1 aromatic heterocycles. The number of hydrogen-bond acceptors (Lipinski definition) is 4. The molecule has 4 nitrogen and oxygen atoms in total. The van der Waals surface area contributed by atoms with Gasteiger partial charge in [0.2, 0.25) is 0 Å². The van der Waals surface area contributed by atoms with E-state index in [1.807, 2.05) is 0 Å². The predicted octanol–water partition coefficient (Wildman–Crippen LogP) is 3.02. The highest BCUT2D eigenvalue weighted by Crippen LogP contribution is 2.35. The smallest absolute Gasteiger partial charge is 0.0726 e. The van der Waals surface area contributed by atoms with Crippen molar-refractivity contribution in [2.45, 2.75) is 32.7 Å². The number of fused-ring (bicyclic) bond motifs is 1. The van der Waals surface area contributed by atoms with E-state index >= 15 is 0 Å². The van der Waals surface area contributed by atoms with Crippen LogP contribution in [-0.4, -0.2) is 55.3 Å². The predicted molar refractivity (Wildman–Crippen MR) is 98.9 cm³/mol. The lowest BCUT2D eigenvalue weighted by Gasteiger charge is -2.32. The molecule has 2 aliphatic rings. The van der Waals surface area contributed by atoms with Crippen molar-refractivity contribution >= 4 is 16.6 Å². The average molecular weight is 325 g/mol. The SMILES string of the molecule is CCc1c(C)nc2ccccc2c1N1CCC(N2CCOCC2)C1. The molecule has 2 aliphatic heterocycles. The lowest BCUT2D eigenvalue weighted by atomic mass is 10.0. The number of hydrogen-bond donors (Lipinski definition) is 0. The van der Waals surface area contributed by atoms with E-state index in [0.29, 0.717) is 6.04 Å². The van der Waals surface area contributed by atoms with Gasteiger partial charge in [0.1, 0.15) is 0 Å². The van der Waals surface area contributed by atoms with E-state index in [1.165, 1.54) is 28.8 Å². The minimum atomic E-state index is 0.658. The van der Waals surface area contributed by atoms with Crippen LogP contribution in [0.15, 0.2) is 24.3 Å². The van der Waals surface area contributed by atoms with E-state index in [9.17, 15) is 0 Å². The highest BCUT2D eigenvalue weighted by molar-refractivity contribution is 5.94. The second kappa shape index (κ2) is 6.69. The summed E-state index contributed by atoms with van der Waals surface area (Å²) in [6.07, 6.45) is 2.29. The fourth-order valence-corrected chi connectivity index (χ4v) is 4.32. The fourth-order valence-electron chi connectivity index (χ4n) is 4.32. The average Bonchev–Trinajstić information content (AvgIpc) is 3.11. The molecule has 0 bridgehead atoms. The van der Waals surface area contributed by atoms with E-state index in [2.05, 4.69) is 47.9 Å². The van der Waals surface area contributed by atoms with Crippen molar-refractivity contribution in [1.82, 2.24) is 9.88 Å². The molecule has 24 heavy (non-hydrogen) atoms. The number of nitrogens with zero attached hydrogens (tertiary/aromatic N) is 3. The van der Waals surface area contributed by atoms with Gasteiger partial charge in [0.25, 0.3) is 0 Å². The van der Waals surface area contributed by atoms with Crippen LogP contribution in [0.5, 0.6) is 0 Å². The molecule has 4 heteroatoms. The van der Waals surface area contributed by atoms with Gasteiger partial charge in [-0.15, -0.1) is 0 Å². The summed E-state index contributed by atoms with van der Waals surface area (Å²) >= 11 is 0. The van der Waals surface area contributed by atoms with Gasteiger partial charge in [0, 0.05) is 43.3 Å². The van der Waals surface area contributed by atoms with Crippen LogP contribution in [0.4, 0.5) is 5.69 Å². The van der Waals surface area contributed by atoms with Gasteiger partial charge in [-0.25, -0.2) is 0 Å². The third-order valence-electron chi connectivity index (χ3n) is 5.57. The van der Waals surface area contributed by atoms with Crippen LogP contribution in [-0.2, 0) is 11.2 Å². The van der Waals surface area contributed by atoms with E-state index in [1.54, 1.807) is 0 Å². The maximum absolute atomic E-state index is 5.52. The number of rotatable bonds is 3. The summed E-state index contributed by atoms with van der Waals surface area (Å²) in [6, 6.07) is 9.26. The highest BCUT2D eigenvalue weighted by Gasteiger charge is 2.30. The summed E-state index contributed by atoms with van der Waals surface area (Å²) in [5, 5.41) is 1.31. The molecule has 3 heterocycles. The second-order valence-corrected chi connectivity index (χ2v) is 6.93. The van der Waals surface area contributed by atoms with E-state index in [0.717, 1.165) is 51.3 Å². The van der Waals surface area contributed by atoms with Crippen molar-refractivity contribution in [3.63, 3.8) is 0 Å². The molecule has 0 radical (unpaired) electrons. The number of aromatic nitrogens is 1. The zero-order valence-electron chi connectivity index (χ0n) is 14.8. The zero-order chi connectivity index (χ0) is 16.5. The minimum Gasteiger partial charge on any atom is -0.379 e. The molecule has 0 saturated carbocycles. The lowest BCUT2D eigenvalue weighted by Crippen LogP contribution is -2.44. The Morgan fingerprint density at radius 1 is 1.17 bits per heavy atom. The lowest BCUT2D eigenvalue weighted by molar-refractivity contribution is 0.0209. The van der Waals surface area contributed by atoms with E-state index in [4.69, 9.17) is 9.72 Å². The molecule has 0 aliphatic carbocycles. The van der Waals surface area contributed by atoms with Crippen molar-refractivity contribution in [3.05, 3.63) is 35.5 Å². The van der Waals surface area contributed by atoms with Crippen LogP contribution in [0.1, 0.15) is 24.6 Å². The number of aryl methyl sites for hydroxylation is 1. The molecule has 0 N–H and O–H groups in total.